The number of benzene rings is 2. The highest BCUT2D eigenvalue weighted by atomic mass is 16.5. The molecule has 1 amide bonds. The number of carbonyl (C=O) groups excluding carboxylic acids is 1. The second-order valence-electron chi connectivity index (χ2n) is 6.92. The fourth-order valence-electron chi connectivity index (χ4n) is 3.17. The summed E-state index contributed by atoms with van der Waals surface area (Å²) in [5, 5.41) is 15.7. The number of carbonyl (C=O) groups is 1. The Bertz CT molecular complexity index is 1220. The van der Waals surface area contributed by atoms with Crippen LogP contribution in [-0.4, -0.2) is 53.1 Å². The lowest BCUT2D eigenvalue weighted by Crippen LogP contribution is -2.29. The largest absolute Gasteiger partial charge is 0.497 e. The minimum absolute atomic E-state index is 0.0932. The highest BCUT2D eigenvalue weighted by Crippen LogP contribution is 2.23. The molecule has 164 valence electrons. The van der Waals surface area contributed by atoms with E-state index < -0.39 is 0 Å². The van der Waals surface area contributed by atoms with Crippen LogP contribution in [0.25, 0.3) is 17.0 Å². The van der Waals surface area contributed by atoms with E-state index in [1.807, 2.05) is 48.5 Å². The highest BCUT2D eigenvalue weighted by Gasteiger charge is 2.11. The molecular weight excluding hydrogens is 410 g/mol. The van der Waals surface area contributed by atoms with E-state index in [2.05, 4.69) is 20.6 Å². The summed E-state index contributed by atoms with van der Waals surface area (Å²) in [7, 11) is 3.21. The van der Waals surface area contributed by atoms with Gasteiger partial charge in [0.2, 0.25) is 11.8 Å². The van der Waals surface area contributed by atoms with Crippen LogP contribution in [0.5, 0.6) is 17.4 Å². The van der Waals surface area contributed by atoms with Crippen molar-refractivity contribution in [3.8, 4) is 28.8 Å². The van der Waals surface area contributed by atoms with Gasteiger partial charge in [-0.3, -0.25) is 4.79 Å². The summed E-state index contributed by atoms with van der Waals surface area (Å²) >= 11 is 0. The molecule has 0 aliphatic heterocycles. The van der Waals surface area contributed by atoms with Gasteiger partial charge in [0, 0.05) is 11.6 Å². The van der Waals surface area contributed by atoms with Gasteiger partial charge in [0.1, 0.15) is 18.1 Å². The standard InChI is InChI=1S/C23H23N5O4/c1-30-18-7-3-5-16(13-18)14-21(29)24-11-12-32-22-10-9-20-25-26-23(28(20)27-22)17-6-4-8-19(15-17)31-2/h3-10,13,15H,11-12,14H2,1-2H3,(H,24,29). The Morgan fingerprint density at radius 2 is 1.75 bits per heavy atom. The molecule has 0 aliphatic rings. The number of fused-ring (bicyclic) bond motifs is 1. The van der Waals surface area contributed by atoms with Crippen LogP contribution in [-0.2, 0) is 11.2 Å². The van der Waals surface area contributed by atoms with Gasteiger partial charge in [-0.25, -0.2) is 0 Å². The first kappa shape index (κ1) is 21.1. The highest BCUT2D eigenvalue weighted by molar-refractivity contribution is 5.78. The molecule has 32 heavy (non-hydrogen) atoms. The minimum atomic E-state index is -0.0932. The second-order valence-corrected chi connectivity index (χ2v) is 6.92. The number of aromatic nitrogens is 4. The van der Waals surface area contributed by atoms with Crippen molar-refractivity contribution in [1.29, 1.82) is 0 Å². The van der Waals surface area contributed by atoms with Gasteiger partial charge in [0.25, 0.3) is 0 Å². The van der Waals surface area contributed by atoms with Gasteiger partial charge >= 0.3 is 0 Å². The average Bonchev–Trinajstić information content (AvgIpc) is 3.25. The summed E-state index contributed by atoms with van der Waals surface area (Å²) in [4.78, 5) is 12.2. The van der Waals surface area contributed by atoms with Crippen molar-refractivity contribution in [2.24, 2.45) is 0 Å². The Morgan fingerprint density at radius 1 is 0.969 bits per heavy atom. The van der Waals surface area contributed by atoms with Gasteiger partial charge in [0.05, 0.1) is 27.2 Å². The van der Waals surface area contributed by atoms with Crippen molar-refractivity contribution >= 4 is 11.6 Å². The fraction of sp³-hybridized carbons (Fsp3) is 0.217. The van der Waals surface area contributed by atoms with E-state index in [9.17, 15) is 4.79 Å². The Hall–Kier alpha value is -4.14. The third kappa shape index (κ3) is 4.94. The lowest BCUT2D eigenvalue weighted by atomic mass is 10.1. The number of nitrogens with one attached hydrogen (secondary N) is 1. The molecule has 0 aliphatic carbocycles. The van der Waals surface area contributed by atoms with E-state index in [0.717, 1.165) is 22.6 Å². The third-order valence-corrected chi connectivity index (χ3v) is 4.74. The first-order chi connectivity index (χ1) is 15.7. The molecule has 0 spiro atoms. The summed E-state index contributed by atoms with van der Waals surface area (Å²) in [6.07, 6.45) is 0.270. The summed E-state index contributed by atoms with van der Waals surface area (Å²) in [6.45, 7) is 0.631. The van der Waals surface area contributed by atoms with Crippen LogP contribution < -0.4 is 19.5 Å². The second kappa shape index (κ2) is 9.78. The summed E-state index contributed by atoms with van der Waals surface area (Å²) < 4.78 is 17.8. The van der Waals surface area contributed by atoms with E-state index in [1.54, 1.807) is 30.9 Å². The predicted octanol–water partition coefficient (Wildman–Crippen LogP) is 2.55. The Balaban J connectivity index is 1.35. The first-order valence-corrected chi connectivity index (χ1v) is 10.1. The van der Waals surface area contributed by atoms with Gasteiger partial charge in [-0.05, 0) is 35.9 Å². The maximum Gasteiger partial charge on any atom is 0.231 e. The van der Waals surface area contributed by atoms with Crippen LogP contribution in [0.2, 0.25) is 0 Å². The molecule has 0 bridgehead atoms. The van der Waals surface area contributed by atoms with Crippen molar-refractivity contribution < 1.29 is 19.0 Å². The maximum atomic E-state index is 12.2. The predicted molar refractivity (Wildman–Crippen MR) is 118 cm³/mol. The molecule has 0 saturated carbocycles. The summed E-state index contributed by atoms with van der Waals surface area (Å²) in [6, 6.07) is 18.4. The van der Waals surface area contributed by atoms with Crippen LogP contribution in [0.4, 0.5) is 0 Å². The molecule has 1 N–H and O–H groups in total. The molecule has 9 nitrogen and oxygen atoms in total. The van der Waals surface area contributed by atoms with Crippen molar-refractivity contribution in [2.45, 2.75) is 6.42 Å². The molecular formula is C23H23N5O4. The van der Waals surface area contributed by atoms with Crippen molar-refractivity contribution in [1.82, 2.24) is 25.1 Å². The van der Waals surface area contributed by atoms with Gasteiger partial charge < -0.3 is 19.5 Å². The summed E-state index contributed by atoms with van der Waals surface area (Å²) in [5.41, 5.74) is 2.31. The van der Waals surface area contributed by atoms with Crippen LogP contribution in [0.1, 0.15) is 5.56 Å². The zero-order valence-electron chi connectivity index (χ0n) is 17.8. The molecule has 2 heterocycles. The molecule has 0 unspecified atom stereocenters. The van der Waals surface area contributed by atoms with Crippen LogP contribution in [0, 0.1) is 0 Å². The molecule has 0 radical (unpaired) electrons. The number of nitrogens with zero attached hydrogens (tertiary/aromatic N) is 4. The normalized spacial score (nSPS) is 10.7. The number of hydrogen-bond acceptors (Lipinski definition) is 7. The van der Waals surface area contributed by atoms with Gasteiger partial charge in [-0.1, -0.05) is 24.3 Å². The topological polar surface area (TPSA) is 99.9 Å². The molecule has 4 rings (SSSR count). The van der Waals surface area contributed by atoms with Crippen molar-refractivity contribution in [3.05, 3.63) is 66.2 Å². The van der Waals surface area contributed by atoms with E-state index in [4.69, 9.17) is 14.2 Å². The number of hydrogen-bond donors (Lipinski definition) is 1. The number of methoxy groups -OCH3 is 2. The molecule has 0 atom stereocenters. The Morgan fingerprint density at radius 3 is 2.56 bits per heavy atom. The van der Waals surface area contributed by atoms with E-state index in [-0.39, 0.29) is 18.9 Å². The molecule has 2 aromatic heterocycles. The van der Waals surface area contributed by atoms with E-state index in [1.165, 1.54) is 0 Å². The molecule has 0 saturated heterocycles. The zero-order valence-corrected chi connectivity index (χ0v) is 17.8. The summed E-state index contributed by atoms with van der Waals surface area (Å²) in [5.74, 6) is 2.34. The molecule has 9 heteroatoms. The van der Waals surface area contributed by atoms with E-state index in [0.29, 0.717) is 23.9 Å². The van der Waals surface area contributed by atoms with Crippen LogP contribution in [0.15, 0.2) is 60.7 Å². The molecule has 2 aromatic carbocycles. The van der Waals surface area contributed by atoms with Crippen LogP contribution in [0.3, 0.4) is 0 Å². The average molecular weight is 433 g/mol. The van der Waals surface area contributed by atoms with Crippen LogP contribution >= 0.6 is 0 Å². The number of rotatable bonds is 9. The van der Waals surface area contributed by atoms with Crippen molar-refractivity contribution in [3.63, 3.8) is 0 Å². The fourth-order valence-corrected chi connectivity index (χ4v) is 3.17. The smallest absolute Gasteiger partial charge is 0.231 e. The number of ether oxygens (including phenoxy) is 3. The molecule has 0 fully saturated rings. The van der Waals surface area contributed by atoms with Gasteiger partial charge in [-0.2, -0.15) is 4.52 Å². The zero-order chi connectivity index (χ0) is 22.3. The van der Waals surface area contributed by atoms with Gasteiger partial charge in [-0.15, -0.1) is 15.3 Å². The number of amides is 1. The third-order valence-electron chi connectivity index (χ3n) is 4.74. The van der Waals surface area contributed by atoms with Crippen molar-refractivity contribution in [2.75, 3.05) is 27.4 Å². The quantitative estimate of drug-likeness (QED) is 0.405. The maximum absolute atomic E-state index is 12.2. The SMILES string of the molecule is COc1cccc(CC(=O)NCCOc2ccc3nnc(-c4cccc(OC)c4)n3n2)c1. The monoisotopic (exact) mass is 433 g/mol. The molecule has 4 aromatic rings. The van der Waals surface area contributed by atoms with E-state index >= 15 is 0 Å². The lowest BCUT2D eigenvalue weighted by Gasteiger charge is -2.08. The Kier molecular flexibility index (Phi) is 6.45. The Labute approximate surface area is 185 Å². The first-order valence-electron chi connectivity index (χ1n) is 10.1. The lowest BCUT2D eigenvalue weighted by molar-refractivity contribution is -0.120. The minimum Gasteiger partial charge on any atom is -0.497 e. The van der Waals surface area contributed by atoms with Gasteiger partial charge in [0.15, 0.2) is 11.5 Å².